The van der Waals surface area contributed by atoms with Crippen LogP contribution >= 0.6 is 0 Å². The fourth-order valence-corrected chi connectivity index (χ4v) is 3.92. The van der Waals surface area contributed by atoms with Crippen molar-refractivity contribution in [2.75, 3.05) is 0 Å². The molecule has 5 rings (SSSR count). The second-order valence-corrected chi connectivity index (χ2v) is 6.45. The van der Waals surface area contributed by atoms with Crippen LogP contribution < -0.4 is 0 Å². The molecule has 1 aliphatic carbocycles. The molecule has 0 N–H and O–H groups in total. The SMILES string of the molecule is c1ccc(C2(c3ccccc3)CC2n2nnc3ccccc32)cc1. The van der Waals surface area contributed by atoms with Crippen LogP contribution in [-0.2, 0) is 5.41 Å². The Balaban J connectivity index is 1.68. The first kappa shape index (κ1) is 13.5. The minimum atomic E-state index is -0.0149. The molecule has 116 valence electrons. The van der Waals surface area contributed by atoms with E-state index in [4.69, 9.17) is 0 Å². The summed E-state index contributed by atoms with van der Waals surface area (Å²) in [5.74, 6) is 0. The number of nitrogens with zero attached hydrogens (tertiary/aromatic N) is 3. The van der Waals surface area contributed by atoms with E-state index >= 15 is 0 Å². The molecule has 1 fully saturated rings. The molecule has 1 heterocycles. The van der Waals surface area contributed by atoms with E-state index in [1.807, 2.05) is 12.1 Å². The standard InChI is InChI=1S/C21H17N3/c1-3-9-16(10-4-1)21(17-11-5-2-6-12-17)15-20(21)24-19-14-8-7-13-18(19)22-23-24/h1-14,20H,15H2. The predicted molar refractivity (Wildman–Crippen MR) is 94.8 cm³/mol. The lowest BCUT2D eigenvalue weighted by molar-refractivity contribution is 0.577. The number of benzene rings is 3. The van der Waals surface area contributed by atoms with Crippen molar-refractivity contribution in [2.24, 2.45) is 0 Å². The summed E-state index contributed by atoms with van der Waals surface area (Å²) in [6.45, 7) is 0. The Morgan fingerprint density at radius 2 is 1.33 bits per heavy atom. The molecule has 3 aromatic carbocycles. The Labute approximate surface area is 140 Å². The molecular weight excluding hydrogens is 294 g/mol. The van der Waals surface area contributed by atoms with Crippen LogP contribution in [0.1, 0.15) is 23.6 Å². The summed E-state index contributed by atoms with van der Waals surface area (Å²) in [7, 11) is 0. The van der Waals surface area contributed by atoms with E-state index in [1.54, 1.807) is 0 Å². The summed E-state index contributed by atoms with van der Waals surface area (Å²) in [4.78, 5) is 0. The molecule has 1 aliphatic rings. The minimum Gasteiger partial charge on any atom is -0.240 e. The van der Waals surface area contributed by atoms with Crippen LogP contribution in [0.25, 0.3) is 11.0 Å². The lowest BCUT2D eigenvalue weighted by atomic mass is 9.87. The van der Waals surface area contributed by atoms with Gasteiger partial charge in [-0.25, -0.2) is 4.68 Å². The fourth-order valence-electron chi connectivity index (χ4n) is 3.92. The Morgan fingerprint density at radius 1 is 0.750 bits per heavy atom. The van der Waals surface area contributed by atoms with Crippen LogP contribution in [0.2, 0.25) is 0 Å². The number of fused-ring (bicyclic) bond motifs is 1. The van der Waals surface area contributed by atoms with E-state index in [2.05, 4.69) is 87.8 Å². The van der Waals surface area contributed by atoms with Gasteiger partial charge in [0.15, 0.2) is 0 Å². The summed E-state index contributed by atoms with van der Waals surface area (Å²) < 4.78 is 2.11. The molecule has 0 aliphatic heterocycles. The van der Waals surface area contributed by atoms with Crippen molar-refractivity contribution in [1.82, 2.24) is 15.0 Å². The van der Waals surface area contributed by atoms with E-state index in [-0.39, 0.29) is 5.41 Å². The zero-order chi connectivity index (χ0) is 16.0. The summed E-state index contributed by atoms with van der Waals surface area (Å²) >= 11 is 0. The molecular formula is C21H17N3. The fraction of sp³-hybridized carbons (Fsp3) is 0.143. The smallest absolute Gasteiger partial charge is 0.113 e. The van der Waals surface area contributed by atoms with Gasteiger partial charge >= 0.3 is 0 Å². The zero-order valence-electron chi connectivity index (χ0n) is 13.2. The normalized spacial score (nSPS) is 18.6. The highest BCUT2D eigenvalue weighted by Crippen LogP contribution is 2.62. The molecule has 0 bridgehead atoms. The van der Waals surface area contributed by atoms with Crippen LogP contribution in [0, 0.1) is 0 Å². The maximum Gasteiger partial charge on any atom is 0.113 e. The molecule has 0 saturated heterocycles. The first-order chi connectivity index (χ1) is 11.9. The quantitative estimate of drug-likeness (QED) is 0.563. The molecule has 0 spiro atoms. The Bertz CT molecular complexity index is 950. The molecule has 3 heteroatoms. The average Bonchev–Trinajstić information content (AvgIpc) is 3.28. The van der Waals surface area contributed by atoms with Crippen molar-refractivity contribution in [3.63, 3.8) is 0 Å². The van der Waals surface area contributed by atoms with Crippen molar-refractivity contribution in [3.05, 3.63) is 96.1 Å². The van der Waals surface area contributed by atoms with E-state index < -0.39 is 0 Å². The molecule has 1 saturated carbocycles. The Kier molecular flexibility index (Phi) is 2.83. The maximum atomic E-state index is 4.47. The van der Waals surface area contributed by atoms with Crippen LogP contribution in [0.15, 0.2) is 84.9 Å². The second kappa shape index (κ2) is 5.03. The highest BCUT2D eigenvalue weighted by Gasteiger charge is 2.58. The largest absolute Gasteiger partial charge is 0.240 e. The number of rotatable bonds is 3. The van der Waals surface area contributed by atoms with E-state index in [0.717, 1.165) is 17.5 Å². The first-order valence-electron chi connectivity index (χ1n) is 8.30. The summed E-state index contributed by atoms with van der Waals surface area (Å²) in [6.07, 6.45) is 1.05. The van der Waals surface area contributed by atoms with Gasteiger partial charge < -0.3 is 0 Å². The van der Waals surface area contributed by atoms with E-state index in [9.17, 15) is 0 Å². The summed E-state index contributed by atoms with van der Waals surface area (Å²) in [5, 5.41) is 8.82. The van der Waals surface area contributed by atoms with Crippen LogP contribution in [0.3, 0.4) is 0 Å². The van der Waals surface area contributed by atoms with Crippen LogP contribution in [0.4, 0.5) is 0 Å². The third-order valence-corrected chi connectivity index (χ3v) is 5.17. The highest BCUT2D eigenvalue weighted by molar-refractivity contribution is 5.74. The molecule has 24 heavy (non-hydrogen) atoms. The van der Waals surface area contributed by atoms with Gasteiger partial charge in [0.25, 0.3) is 0 Å². The number of para-hydroxylation sites is 1. The third kappa shape index (κ3) is 1.84. The van der Waals surface area contributed by atoms with Gasteiger partial charge in [-0.15, -0.1) is 5.10 Å². The minimum absolute atomic E-state index is 0.0149. The van der Waals surface area contributed by atoms with Crippen molar-refractivity contribution >= 4 is 11.0 Å². The van der Waals surface area contributed by atoms with Gasteiger partial charge in [0, 0.05) is 5.41 Å². The number of aromatic nitrogens is 3. The molecule has 1 atom stereocenters. The monoisotopic (exact) mass is 311 g/mol. The van der Waals surface area contributed by atoms with E-state index in [1.165, 1.54) is 11.1 Å². The van der Waals surface area contributed by atoms with Gasteiger partial charge in [-0.3, -0.25) is 0 Å². The molecule has 0 radical (unpaired) electrons. The van der Waals surface area contributed by atoms with Gasteiger partial charge in [-0.05, 0) is 29.7 Å². The first-order valence-corrected chi connectivity index (χ1v) is 8.30. The van der Waals surface area contributed by atoms with Crippen LogP contribution in [0.5, 0.6) is 0 Å². The molecule has 4 aromatic rings. The highest BCUT2D eigenvalue weighted by atomic mass is 15.5. The molecule has 1 unspecified atom stereocenters. The predicted octanol–water partition coefficient (Wildman–Crippen LogP) is 4.36. The Hall–Kier alpha value is -2.94. The second-order valence-electron chi connectivity index (χ2n) is 6.45. The number of hydrogen-bond donors (Lipinski definition) is 0. The van der Waals surface area contributed by atoms with Gasteiger partial charge in [-0.2, -0.15) is 0 Å². The molecule has 3 nitrogen and oxygen atoms in total. The third-order valence-electron chi connectivity index (χ3n) is 5.17. The lowest BCUT2D eigenvalue weighted by Crippen LogP contribution is -2.15. The maximum absolute atomic E-state index is 4.47. The van der Waals surface area contributed by atoms with E-state index in [0.29, 0.717) is 6.04 Å². The van der Waals surface area contributed by atoms with Crippen LogP contribution in [-0.4, -0.2) is 15.0 Å². The van der Waals surface area contributed by atoms with Gasteiger partial charge in [-0.1, -0.05) is 78.0 Å². The average molecular weight is 311 g/mol. The Morgan fingerprint density at radius 3 is 2.00 bits per heavy atom. The summed E-state index contributed by atoms with van der Waals surface area (Å²) in [6, 6.07) is 30.0. The van der Waals surface area contributed by atoms with Crippen molar-refractivity contribution in [3.8, 4) is 0 Å². The van der Waals surface area contributed by atoms with Gasteiger partial charge in [0.1, 0.15) is 5.52 Å². The lowest BCUT2D eigenvalue weighted by Gasteiger charge is -2.19. The van der Waals surface area contributed by atoms with Gasteiger partial charge in [0.2, 0.25) is 0 Å². The van der Waals surface area contributed by atoms with Crippen molar-refractivity contribution in [2.45, 2.75) is 17.9 Å². The van der Waals surface area contributed by atoms with Crippen molar-refractivity contribution < 1.29 is 0 Å². The molecule has 0 amide bonds. The summed E-state index contributed by atoms with van der Waals surface area (Å²) in [5.41, 5.74) is 4.75. The zero-order valence-corrected chi connectivity index (χ0v) is 13.2. The van der Waals surface area contributed by atoms with Crippen molar-refractivity contribution in [1.29, 1.82) is 0 Å². The number of hydrogen-bond acceptors (Lipinski definition) is 2. The topological polar surface area (TPSA) is 30.7 Å². The van der Waals surface area contributed by atoms with Gasteiger partial charge in [0.05, 0.1) is 11.6 Å². The molecule has 1 aromatic heterocycles.